The minimum absolute atomic E-state index is 0.164. The van der Waals surface area contributed by atoms with E-state index in [-0.39, 0.29) is 12.0 Å². The zero-order chi connectivity index (χ0) is 19.8. The molecule has 3 rings (SSSR count). The van der Waals surface area contributed by atoms with Crippen LogP contribution in [0.4, 0.5) is 0 Å². The molecule has 1 aliphatic carbocycles. The molecule has 3 nitrogen and oxygen atoms in total. The number of benzene rings is 1. The SMILES string of the molecule is C=C/C=C(C=N)\C=C/OC(c1cccc2cccnc12)C(C)C1=CC=CCC1. The molecule has 2 unspecified atom stereocenters. The lowest BCUT2D eigenvalue weighted by molar-refractivity contribution is 0.108. The average molecular weight is 370 g/mol. The minimum atomic E-state index is -0.164. The molecule has 0 radical (unpaired) electrons. The second kappa shape index (κ2) is 9.65. The molecule has 1 heterocycles. The maximum absolute atomic E-state index is 7.49. The van der Waals surface area contributed by atoms with E-state index in [9.17, 15) is 0 Å². The van der Waals surface area contributed by atoms with Crippen molar-refractivity contribution in [3.8, 4) is 0 Å². The molecule has 0 saturated heterocycles. The normalized spacial score (nSPS) is 16.6. The number of pyridine rings is 1. The van der Waals surface area contributed by atoms with E-state index in [1.165, 1.54) is 11.8 Å². The summed E-state index contributed by atoms with van der Waals surface area (Å²) >= 11 is 0. The van der Waals surface area contributed by atoms with E-state index in [0.29, 0.717) is 0 Å². The Morgan fingerprint density at radius 1 is 1.29 bits per heavy atom. The Kier molecular flexibility index (Phi) is 6.74. The Morgan fingerprint density at radius 2 is 2.14 bits per heavy atom. The Labute approximate surface area is 167 Å². The number of ether oxygens (including phenoxy) is 1. The first-order valence-electron chi connectivity index (χ1n) is 9.59. The van der Waals surface area contributed by atoms with Gasteiger partial charge in [0.15, 0.2) is 0 Å². The number of allylic oxidation sites excluding steroid dienone is 7. The van der Waals surface area contributed by atoms with Crippen LogP contribution in [0.3, 0.4) is 0 Å². The van der Waals surface area contributed by atoms with Gasteiger partial charge in [0, 0.05) is 29.3 Å². The van der Waals surface area contributed by atoms with Crippen LogP contribution in [0, 0.1) is 11.3 Å². The summed E-state index contributed by atoms with van der Waals surface area (Å²) in [6.07, 6.45) is 18.5. The number of hydrogen-bond acceptors (Lipinski definition) is 3. The summed E-state index contributed by atoms with van der Waals surface area (Å²) in [5, 5.41) is 8.60. The van der Waals surface area contributed by atoms with Crippen LogP contribution >= 0.6 is 0 Å². The molecule has 0 fully saturated rings. The van der Waals surface area contributed by atoms with E-state index in [0.717, 1.165) is 34.9 Å². The lowest BCUT2D eigenvalue weighted by Crippen LogP contribution is -2.15. The zero-order valence-corrected chi connectivity index (χ0v) is 16.2. The van der Waals surface area contributed by atoms with Gasteiger partial charge in [0.2, 0.25) is 0 Å². The fraction of sp³-hybridized carbons (Fsp3) is 0.200. The van der Waals surface area contributed by atoms with Gasteiger partial charge in [0.05, 0.1) is 11.8 Å². The highest BCUT2D eigenvalue weighted by Crippen LogP contribution is 2.37. The van der Waals surface area contributed by atoms with Gasteiger partial charge >= 0.3 is 0 Å². The quantitative estimate of drug-likeness (QED) is 0.328. The molecule has 2 atom stereocenters. The van der Waals surface area contributed by atoms with Crippen LogP contribution in [-0.4, -0.2) is 11.2 Å². The third-order valence-corrected chi connectivity index (χ3v) is 5.02. The summed E-state index contributed by atoms with van der Waals surface area (Å²) in [7, 11) is 0. The summed E-state index contributed by atoms with van der Waals surface area (Å²) in [6, 6.07) is 10.3. The molecular formula is C25H26N2O. The van der Waals surface area contributed by atoms with Gasteiger partial charge in [-0.15, -0.1) is 0 Å². The fourth-order valence-electron chi connectivity index (χ4n) is 3.50. The predicted octanol–water partition coefficient (Wildman–Crippen LogP) is 6.48. The number of nitrogens with zero attached hydrogens (tertiary/aromatic N) is 1. The summed E-state index contributed by atoms with van der Waals surface area (Å²) < 4.78 is 6.27. The van der Waals surface area contributed by atoms with Crippen LogP contribution in [0.1, 0.15) is 31.4 Å². The van der Waals surface area contributed by atoms with E-state index >= 15 is 0 Å². The van der Waals surface area contributed by atoms with Gasteiger partial charge in [-0.3, -0.25) is 4.98 Å². The molecular weight excluding hydrogens is 344 g/mol. The van der Waals surface area contributed by atoms with E-state index in [1.54, 1.807) is 24.5 Å². The van der Waals surface area contributed by atoms with Gasteiger partial charge in [0.25, 0.3) is 0 Å². The zero-order valence-electron chi connectivity index (χ0n) is 16.2. The van der Waals surface area contributed by atoms with Crippen LogP contribution in [0.5, 0.6) is 0 Å². The molecule has 1 aromatic carbocycles. The van der Waals surface area contributed by atoms with Crippen LogP contribution in [0.2, 0.25) is 0 Å². The molecule has 0 spiro atoms. The lowest BCUT2D eigenvalue weighted by Gasteiger charge is -2.27. The van der Waals surface area contributed by atoms with Crippen molar-refractivity contribution >= 4 is 17.1 Å². The van der Waals surface area contributed by atoms with E-state index in [4.69, 9.17) is 10.1 Å². The highest BCUT2D eigenvalue weighted by atomic mass is 16.5. The van der Waals surface area contributed by atoms with Crippen molar-refractivity contribution in [1.82, 2.24) is 4.98 Å². The summed E-state index contributed by atoms with van der Waals surface area (Å²) in [5.41, 5.74) is 4.16. The lowest BCUT2D eigenvalue weighted by atomic mass is 9.85. The van der Waals surface area contributed by atoms with Crippen molar-refractivity contribution in [2.75, 3.05) is 0 Å². The molecule has 0 saturated carbocycles. The third kappa shape index (κ3) is 4.55. The first kappa shape index (κ1) is 19.6. The second-order valence-corrected chi connectivity index (χ2v) is 6.83. The van der Waals surface area contributed by atoms with Crippen molar-refractivity contribution in [3.05, 3.63) is 103 Å². The Balaban J connectivity index is 1.98. The highest BCUT2D eigenvalue weighted by Gasteiger charge is 2.25. The largest absolute Gasteiger partial charge is 0.493 e. The Bertz CT molecular complexity index is 960. The Hall–Kier alpha value is -3.20. The highest BCUT2D eigenvalue weighted by molar-refractivity contribution is 5.82. The van der Waals surface area contributed by atoms with Crippen molar-refractivity contribution in [1.29, 1.82) is 5.41 Å². The molecule has 1 aliphatic rings. The predicted molar refractivity (Wildman–Crippen MR) is 117 cm³/mol. The molecule has 1 N–H and O–H groups in total. The van der Waals surface area contributed by atoms with Crippen LogP contribution in [0.25, 0.3) is 10.9 Å². The van der Waals surface area contributed by atoms with Crippen molar-refractivity contribution in [2.24, 2.45) is 5.92 Å². The Morgan fingerprint density at radius 3 is 2.89 bits per heavy atom. The first-order valence-corrected chi connectivity index (χ1v) is 9.59. The van der Waals surface area contributed by atoms with Crippen molar-refractivity contribution in [3.63, 3.8) is 0 Å². The molecule has 0 aliphatic heterocycles. The fourth-order valence-corrected chi connectivity index (χ4v) is 3.50. The van der Waals surface area contributed by atoms with E-state index < -0.39 is 0 Å². The minimum Gasteiger partial charge on any atom is -0.493 e. The van der Waals surface area contributed by atoms with E-state index in [2.05, 4.69) is 61.0 Å². The number of nitrogens with one attached hydrogen (secondary N) is 1. The molecule has 0 amide bonds. The molecule has 3 heteroatoms. The van der Waals surface area contributed by atoms with Gasteiger partial charge in [-0.25, -0.2) is 0 Å². The third-order valence-electron chi connectivity index (χ3n) is 5.02. The molecule has 28 heavy (non-hydrogen) atoms. The van der Waals surface area contributed by atoms with Crippen molar-refractivity contribution in [2.45, 2.75) is 25.9 Å². The smallest absolute Gasteiger partial charge is 0.131 e. The van der Waals surface area contributed by atoms with Gasteiger partial charge in [-0.1, -0.05) is 73.7 Å². The van der Waals surface area contributed by atoms with Crippen molar-refractivity contribution < 1.29 is 4.74 Å². The maximum atomic E-state index is 7.49. The number of hydrogen-bond donors (Lipinski definition) is 1. The van der Waals surface area contributed by atoms with Crippen LogP contribution in [0.15, 0.2) is 97.0 Å². The van der Waals surface area contributed by atoms with Gasteiger partial charge in [-0.05, 0) is 30.6 Å². The molecule has 1 aromatic heterocycles. The first-order chi connectivity index (χ1) is 13.7. The molecule has 142 valence electrons. The topological polar surface area (TPSA) is 46.0 Å². The summed E-state index contributed by atoms with van der Waals surface area (Å²) in [5.74, 6) is 0.203. The summed E-state index contributed by atoms with van der Waals surface area (Å²) in [6.45, 7) is 5.90. The van der Waals surface area contributed by atoms with Crippen LogP contribution in [-0.2, 0) is 4.74 Å². The summed E-state index contributed by atoms with van der Waals surface area (Å²) in [4.78, 5) is 4.62. The number of para-hydroxylation sites is 1. The number of fused-ring (bicyclic) bond motifs is 1. The van der Waals surface area contributed by atoms with E-state index in [1.807, 2.05) is 12.3 Å². The maximum Gasteiger partial charge on any atom is 0.131 e. The number of aromatic nitrogens is 1. The monoisotopic (exact) mass is 370 g/mol. The van der Waals surface area contributed by atoms with Gasteiger partial charge in [0.1, 0.15) is 6.10 Å². The average Bonchev–Trinajstić information content (AvgIpc) is 2.76. The van der Waals surface area contributed by atoms with Gasteiger partial charge in [-0.2, -0.15) is 0 Å². The standard InChI is InChI=1S/C25H26N2O/c1-3-9-20(18-26)15-17-28-25(19(2)21-10-5-4-6-11-21)23-14-7-12-22-13-8-16-27-24(22)23/h3-5,7-10,12-19,25-26H,1,6,11H2,2H3/b17-15-,20-9+,26-18?. The second-order valence-electron chi connectivity index (χ2n) is 6.83. The molecule has 0 bridgehead atoms. The number of rotatable bonds is 8. The van der Waals surface area contributed by atoms with Gasteiger partial charge < -0.3 is 10.1 Å². The van der Waals surface area contributed by atoms with Crippen LogP contribution < -0.4 is 0 Å². The molecule has 2 aromatic rings.